The lowest BCUT2D eigenvalue weighted by Gasteiger charge is -2.03. The van der Waals surface area contributed by atoms with Gasteiger partial charge in [-0.1, -0.05) is 23.5 Å². The fourth-order valence-corrected chi connectivity index (χ4v) is 1.88. The third-order valence-corrected chi connectivity index (χ3v) is 2.93. The number of hydrogen-bond donors (Lipinski definition) is 1. The number of aromatic nitrogens is 2. The SMILES string of the molecule is COc1ccc(CNc2nnc(C)s2)cc1. The molecule has 0 bridgehead atoms. The van der Waals surface area contributed by atoms with E-state index in [9.17, 15) is 0 Å². The number of anilines is 1. The number of nitrogens with one attached hydrogen (secondary N) is 1. The van der Waals surface area contributed by atoms with Gasteiger partial charge in [-0.05, 0) is 24.6 Å². The van der Waals surface area contributed by atoms with Crippen LogP contribution < -0.4 is 10.1 Å². The van der Waals surface area contributed by atoms with Crippen LogP contribution in [0.25, 0.3) is 0 Å². The fourth-order valence-electron chi connectivity index (χ4n) is 1.29. The van der Waals surface area contributed by atoms with Gasteiger partial charge < -0.3 is 10.1 Å². The predicted octanol–water partition coefficient (Wildman–Crippen LogP) is 2.47. The highest BCUT2D eigenvalue weighted by molar-refractivity contribution is 7.15. The molecule has 0 radical (unpaired) electrons. The van der Waals surface area contributed by atoms with Crippen molar-refractivity contribution in [3.05, 3.63) is 34.8 Å². The molecule has 1 aromatic heterocycles. The summed E-state index contributed by atoms with van der Waals surface area (Å²) in [6.07, 6.45) is 0. The second-order valence-corrected chi connectivity index (χ2v) is 4.51. The van der Waals surface area contributed by atoms with Crippen LogP contribution in [0.3, 0.4) is 0 Å². The van der Waals surface area contributed by atoms with Gasteiger partial charge in [0.2, 0.25) is 5.13 Å². The van der Waals surface area contributed by atoms with Crippen molar-refractivity contribution in [3.8, 4) is 5.75 Å². The standard InChI is InChI=1S/C11H13N3OS/c1-8-13-14-11(16-8)12-7-9-3-5-10(15-2)6-4-9/h3-6H,7H2,1-2H3,(H,12,14). The molecule has 0 aliphatic rings. The van der Waals surface area contributed by atoms with Crippen LogP contribution in [-0.2, 0) is 6.54 Å². The second-order valence-electron chi connectivity index (χ2n) is 3.33. The Kier molecular flexibility index (Phi) is 3.36. The molecule has 2 aromatic rings. The zero-order valence-electron chi connectivity index (χ0n) is 9.23. The average Bonchev–Trinajstić information content (AvgIpc) is 2.73. The zero-order valence-corrected chi connectivity index (χ0v) is 10.0. The van der Waals surface area contributed by atoms with Gasteiger partial charge in [-0.2, -0.15) is 0 Å². The van der Waals surface area contributed by atoms with Crippen LogP contribution in [0.2, 0.25) is 0 Å². The van der Waals surface area contributed by atoms with Crippen molar-refractivity contribution in [1.29, 1.82) is 0 Å². The molecule has 1 heterocycles. The number of nitrogens with zero attached hydrogens (tertiary/aromatic N) is 2. The fraction of sp³-hybridized carbons (Fsp3) is 0.273. The van der Waals surface area contributed by atoms with Crippen LogP contribution in [0.4, 0.5) is 5.13 Å². The topological polar surface area (TPSA) is 47.0 Å². The lowest BCUT2D eigenvalue weighted by atomic mass is 10.2. The third kappa shape index (κ3) is 2.70. The van der Waals surface area contributed by atoms with Crippen molar-refractivity contribution < 1.29 is 4.74 Å². The van der Waals surface area contributed by atoms with Gasteiger partial charge in [-0.25, -0.2) is 0 Å². The minimum absolute atomic E-state index is 0.749. The molecule has 0 unspecified atom stereocenters. The van der Waals surface area contributed by atoms with E-state index < -0.39 is 0 Å². The van der Waals surface area contributed by atoms with Gasteiger partial charge in [-0.15, -0.1) is 10.2 Å². The third-order valence-electron chi connectivity index (χ3n) is 2.13. The van der Waals surface area contributed by atoms with Gasteiger partial charge in [0.25, 0.3) is 0 Å². The molecule has 0 saturated heterocycles. The average molecular weight is 235 g/mol. The lowest BCUT2D eigenvalue weighted by Crippen LogP contribution is -1.98. The van der Waals surface area contributed by atoms with Crippen molar-refractivity contribution in [2.75, 3.05) is 12.4 Å². The molecule has 0 atom stereocenters. The highest BCUT2D eigenvalue weighted by Crippen LogP contribution is 2.16. The molecule has 1 N–H and O–H groups in total. The van der Waals surface area contributed by atoms with Gasteiger partial charge in [0.1, 0.15) is 10.8 Å². The maximum Gasteiger partial charge on any atom is 0.205 e. The molecular formula is C11H13N3OS. The summed E-state index contributed by atoms with van der Waals surface area (Å²) in [6, 6.07) is 7.95. The molecule has 5 heteroatoms. The molecule has 0 spiro atoms. The van der Waals surface area contributed by atoms with E-state index in [0.717, 1.165) is 22.4 Å². The highest BCUT2D eigenvalue weighted by Gasteiger charge is 1.99. The maximum atomic E-state index is 5.09. The van der Waals surface area contributed by atoms with Crippen molar-refractivity contribution in [1.82, 2.24) is 10.2 Å². The van der Waals surface area contributed by atoms with E-state index in [1.165, 1.54) is 5.56 Å². The van der Waals surface area contributed by atoms with Gasteiger partial charge in [0.15, 0.2) is 0 Å². The van der Waals surface area contributed by atoms with Gasteiger partial charge in [0.05, 0.1) is 7.11 Å². The minimum Gasteiger partial charge on any atom is -0.497 e. The summed E-state index contributed by atoms with van der Waals surface area (Å²) in [5.74, 6) is 0.871. The first-order valence-electron chi connectivity index (χ1n) is 4.95. The monoisotopic (exact) mass is 235 g/mol. The Labute approximate surface area is 98.3 Å². The second kappa shape index (κ2) is 4.94. The van der Waals surface area contributed by atoms with Crippen molar-refractivity contribution >= 4 is 16.5 Å². The normalized spacial score (nSPS) is 10.1. The van der Waals surface area contributed by atoms with Gasteiger partial charge in [0, 0.05) is 6.54 Å². The van der Waals surface area contributed by atoms with E-state index in [0.29, 0.717) is 0 Å². The van der Waals surface area contributed by atoms with Gasteiger partial charge in [-0.3, -0.25) is 0 Å². The Balaban J connectivity index is 1.94. The predicted molar refractivity (Wildman–Crippen MR) is 65.0 cm³/mol. The first-order valence-corrected chi connectivity index (χ1v) is 5.76. The number of rotatable bonds is 4. The van der Waals surface area contributed by atoms with E-state index in [1.54, 1.807) is 18.4 Å². The van der Waals surface area contributed by atoms with E-state index in [1.807, 2.05) is 31.2 Å². The summed E-state index contributed by atoms with van der Waals surface area (Å²) in [5, 5.41) is 13.0. The van der Waals surface area contributed by atoms with E-state index >= 15 is 0 Å². The Hall–Kier alpha value is -1.62. The Morgan fingerprint density at radius 3 is 2.56 bits per heavy atom. The molecule has 1 aromatic carbocycles. The Bertz CT molecular complexity index is 453. The summed E-state index contributed by atoms with van der Waals surface area (Å²) in [5.41, 5.74) is 1.19. The first kappa shape index (κ1) is 10.9. The lowest BCUT2D eigenvalue weighted by molar-refractivity contribution is 0.414. The smallest absolute Gasteiger partial charge is 0.205 e. The molecule has 0 amide bonds. The number of benzene rings is 1. The van der Waals surface area contributed by atoms with Crippen LogP contribution in [0, 0.1) is 6.92 Å². The van der Waals surface area contributed by atoms with Crippen LogP contribution in [0.5, 0.6) is 5.75 Å². The highest BCUT2D eigenvalue weighted by atomic mass is 32.1. The summed E-state index contributed by atoms with van der Waals surface area (Å²) in [6.45, 7) is 2.69. The van der Waals surface area contributed by atoms with E-state index in [4.69, 9.17) is 4.74 Å². The van der Waals surface area contributed by atoms with Crippen molar-refractivity contribution in [3.63, 3.8) is 0 Å². The van der Waals surface area contributed by atoms with Crippen LogP contribution in [0.1, 0.15) is 10.6 Å². The van der Waals surface area contributed by atoms with E-state index in [-0.39, 0.29) is 0 Å². The molecule has 0 saturated carbocycles. The van der Waals surface area contributed by atoms with Crippen molar-refractivity contribution in [2.24, 2.45) is 0 Å². The molecule has 0 aliphatic carbocycles. The number of hydrogen-bond acceptors (Lipinski definition) is 5. The van der Waals surface area contributed by atoms with Crippen LogP contribution in [0.15, 0.2) is 24.3 Å². The number of aryl methyl sites for hydroxylation is 1. The Morgan fingerprint density at radius 1 is 1.25 bits per heavy atom. The quantitative estimate of drug-likeness (QED) is 0.884. The summed E-state index contributed by atoms with van der Waals surface area (Å²) in [7, 11) is 1.66. The Morgan fingerprint density at radius 2 is 2.00 bits per heavy atom. The molecule has 0 fully saturated rings. The minimum atomic E-state index is 0.749. The summed E-state index contributed by atoms with van der Waals surface area (Å²) < 4.78 is 5.09. The largest absolute Gasteiger partial charge is 0.497 e. The van der Waals surface area contributed by atoms with Crippen LogP contribution in [-0.4, -0.2) is 17.3 Å². The maximum absolute atomic E-state index is 5.09. The number of methoxy groups -OCH3 is 1. The van der Waals surface area contributed by atoms with Crippen molar-refractivity contribution in [2.45, 2.75) is 13.5 Å². The molecule has 16 heavy (non-hydrogen) atoms. The molecule has 0 aliphatic heterocycles. The first-order chi connectivity index (χ1) is 7.78. The van der Waals surface area contributed by atoms with Crippen LogP contribution >= 0.6 is 11.3 Å². The molecule has 84 valence electrons. The zero-order chi connectivity index (χ0) is 11.4. The summed E-state index contributed by atoms with van der Waals surface area (Å²) >= 11 is 1.56. The van der Waals surface area contributed by atoms with Gasteiger partial charge >= 0.3 is 0 Å². The molecular weight excluding hydrogens is 222 g/mol. The molecule has 4 nitrogen and oxygen atoms in total. The van der Waals surface area contributed by atoms with E-state index in [2.05, 4.69) is 15.5 Å². The molecule has 2 rings (SSSR count). The number of ether oxygens (including phenoxy) is 1. The summed E-state index contributed by atoms with van der Waals surface area (Å²) in [4.78, 5) is 0.